The zero-order valence-electron chi connectivity index (χ0n) is 16.7. The summed E-state index contributed by atoms with van der Waals surface area (Å²) in [7, 11) is 0. The molecular weight excluding hydrogens is 392 g/mol. The molecule has 0 saturated heterocycles. The maximum Gasteiger partial charge on any atom is 0.196 e. The van der Waals surface area contributed by atoms with Crippen LogP contribution < -0.4 is 0 Å². The third-order valence-corrected chi connectivity index (χ3v) is 5.82. The molecule has 0 unspecified atom stereocenters. The van der Waals surface area contributed by atoms with Crippen molar-refractivity contribution in [2.75, 3.05) is 5.75 Å². The number of nitrogens with zero attached hydrogens (tertiary/aromatic N) is 4. The Kier molecular flexibility index (Phi) is 6.35. The molecular formula is C24H22N4OS. The van der Waals surface area contributed by atoms with Gasteiger partial charge in [-0.15, -0.1) is 10.2 Å². The van der Waals surface area contributed by atoms with Gasteiger partial charge in [-0.25, -0.2) is 0 Å². The van der Waals surface area contributed by atoms with Crippen molar-refractivity contribution in [3.63, 3.8) is 0 Å². The number of thioether (sulfide) groups is 1. The van der Waals surface area contributed by atoms with Gasteiger partial charge in [0.25, 0.3) is 0 Å². The van der Waals surface area contributed by atoms with Crippen LogP contribution in [-0.4, -0.2) is 31.3 Å². The molecule has 0 aliphatic rings. The number of Topliss-reactive ketones (excluding diaryl/α,β-unsaturated/α-hetero) is 1. The van der Waals surface area contributed by atoms with Crippen LogP contribution in [0.25, 0.3) is 17.1 Å². The van der Waals surface area contributed by atoms with Gasteiger partial charge in [0.1, 0.15) is 0 Å². The number of aromatic nitrogens is 4. The number of aryl methyl sites for hydroxylation is 1. The van der Waals surface area contributed by atoms with Crippen molar-refractivity contribution in [2.45, 2.75) is 24.9 Å². The first kappa shape index (κ1) is 20.0. The summed E-state index contributed by atoms with van der Waals surface area (Å²) < 4.78 is 2.09. The van der Waals surface area contributed by atoms with E-state index in [4.69, 9.17) is 0 Å². The predicted molar refractivity (Wildman–Crippen MR) is 120 cm³/mol. The first-order valence-electron chi connectivity index (χ1n) is 9.87. The molecule has 150 valence electrons. The fraction of sp³-hybridized carbons (Fsp3) is 0.167. The number of hydrogen-bond acceptors (Lipinski definition) is 5. The van der Waals surface area contributed by atoms with Crippen LogP contribution in [0.4, 0.5) is 0 Å². The predicted octanol–water partition coefficient (Wildman–Crippen LogP) is 5.39. The highest BCUT2D eigenvalue weighted by atomic mass is 32.2. The molecule has 4 rings (SSSR count). The largest absolute Gasteiger partial charge is 0.294 e. The number of carbonyl (C=O) groups excluding carboxylic acids is 1. The second-order valence-corrected chi connectivity index (χ2v) is 7.97. The quantitative estimate of drug-likeness (QED) is 0.220. The lowest BCUT2D eigenvalue weighted by molar-refractivity contribution is 0.0982. The van der Waals surface area contributed by atoms with E-state index in [-0.39, 0.29) is 5.78 Å². The maximum absolute atomic E-state index is 12.3. The number of rotatable bonds is 8. The lowest BCUT2D eigenvalue weighted by atomic mass is 10.1. The summed E-state index contributed by atoms with van der Waals surface area (Å²) in [5, 5.41) is 9.74. The monoisotopic (exact) mass is 414 g/mol. The minimum Gasteiger partial charge on any atom is -0.294 e. The van der Waals surface area contributed by atoms with Crippen LogP contribution in [-0.2, 0) is 0 Å². The highest BCUT2D eigenvalue weighted by molar-refractivity contribution is 7.99. The number of ketones is 1. The number of carbonyl (C=O) groups is 1. The zero-order chi connectivity index (χ0) is 20.8. The summed E-state index contributed by atoms with van der Waals surface area (Å²) >= 11 is 1.62. The molecule has 5 nitrogen and oxygen atoms in total. The SMILES string of the molecule is Cc1ccccc1-n1c(SCCCC(=O)c2ccccc2)nnc1-c1ccncc1. The van der Waals surface area contributed by atoms with Gasteiger partial charge in [0.2, 0.25) is 0 Å². The summed E-state index contributed by atoms with van der Waals surface area (Å²) in [4.78, 5) is 16.4. The van der Waals surface area contributed by atoms with Gasteiger partial charge in [0.05, 0.1) is 5.69 Å². The standard InChI is InChI=1S/C24H22N4OS/c1-18-8-5-6-11-21(18)28-23(20-13-15-25-16-14-20)26-27-24(28)30-17-7-12-22(29)19-9-3-2-4-10-19/h2-6,8-11,13-16H,7,12,17H2,1H3. The molecule has 6 heteroatoms. The lowest BCUT2D eigenvalue weighted by Crippen LogP contribution is -2.03. The van der Waals surface area contributed by atoms with Gasteiger partial charge in [0.15, 0.2) is 16.8 Å². The molecule has 0 fully saturated rings. The van der Waals surface area contributed by atoms with Gasteiger partial charge in [-0.1, -0.05) is 60.3 Å². The van der Waals surface area contributed by atoms with Gasteiger partial charge in [0, 0.05) is 35.7 Å². The van der Waals surface area contributed by atoms with Crippen LogP contribution in [0.3, 0.4) is 0 Å². The van der Waals surface area contributed by atoms with E-state index < -0.39 is 0 Å². The Morgan fingerprint density at radius 2 is 1.67 bits per heavy atom. The maximum atomic E-state index is 12.3. The van der Waals surface area contributed by atoms with Crippen LogP contribution in [0.5, 0.6) is 0 Å². The molecule has 2 aromatic carbocycles. The Balaban J connectivity index is 1.53. The average molecular weight is 415 g/mol. The number of hydrogen-bond donors (Lipinski definition) is 0. The molecule has 2 aromatic heterocycles. The summed E-state index contributed by atoms with van der Waals surface area (Å²) in [5.41, 5.74) is 3.93. The Hall–Kier alpha value is -3.25. The van der Waals surface area contributed by atoms with E-state index in [1.54, 1.807) is 24.2 Å². The second-order valence-electron chi connectivity index (χ2n) is 6.91. The van der Waals surface area contributed by atoms with E-state index in [1.165, 1.54) is 0 Å². The van der Waals surface area contributed by atoms with Gasteiger partial charge < -0.3 is 0 Å². The van der Waals surface area contributed by atoms with Gasteiger partial charge in [-0.2, -0.15) is 0 Å². The van der Waals surface area contributed by atoms with E-state index in [2.05, 4.69) is 38.8 Å². The fourth-order valence-electron chi connectivity index (χ4n) is 3.25. The molecule has 0 N–H and O–H groups in total. The van der Waals surface area contributed by atoms with Crippen LogP contribution in [0.2, 0.25) is 0 Å². The molecule has 0 aliphatic heterocycles. The molecule has 4 aromatic rings. The van der Waals surface area contributed by atoms with Crippen LogP contribution in [0.15, 0.2) is 84.3 Å². The smallest absolute Gasteiger partial charge is 0.196 e. The van der Waals surface area contributed by atoms with E-state index in [1.807, 2.05) is 54.6 Å². The van der Waals surface area contributed by atoms with E-state index in [0.29, 0.717) is 6.42 Å². The Bertz CT molecular complexity index is 1130. The Morgan fingerprint density at radius 1 is 0.933 bits per heavy atom. The molecule has 0 saturated carbocycles. The zero-order valence-corrected chi connectivity index (χ0v) is 17.5. The minimum atomic E-state index is 0.175. The van der Waals surface area contributed by atoms with Crippen molar-refractivity contribution in [2.24, 2.45) is 0 Å². The van der Waals surface area contributed by atoms with Crippen LogP contribution >= 0.6 is 11.8 Å². The summed E-state index contributed by atoms with van der Waals surface area (Å²) in [5.74, 6) is 1.75. The van der Waals surface area contributed by atoms with Crippen molar-refractivity contribution in [1.82, 2.24) is 19.7 Å². The van der Waals surface area contributed by atoms with Gasteiger partial charge in [-0.05, 0) is 37.1 Å². The highest BCUT2D eigenvalue weighted by Gasteiger charge is 2.17. The number of para-hydroxylation sites is 1. The molecule has 30 heavy (non-hydrogen) atoms. The second kappa shape index (κ2) is 9.50. The van der Waals surface area contributed by atoms with Crippen molar-refractivity contribution in [3.8, 4) is 17.1 Å². The number of pyridine rings is 1. The summed E-state index contributed by atoms with van der Waals surface area (Å²) in [6.07, 6.45) is 4.82. The molecule has 0 aliphatic carbocycles. The molecule has 0 bridgehead atoms. The minimum absolute atomic E-state index is 0.175. The third kappa shape index (κ3) is 4.49. The third-order valence-electron chi connectivity index (χ3n) is 4.80. The van der Waals surface area contributed by atoms with Crippen molar-refractivity contribution >= 4 is 17.5 Å². The molecule has 0 spiro atoms. The summed E-state index contributed by atoms with van der Waals surface area (Å²) in [6.45, 7) is 2.08. The van der Waals surface area contributed by atoms with E-state index >= 15 is 0 Å². The van der Waals surface area contributed by atoms with Gasteiger partial charge in [-0.3, -0.25) is 14.3 Å². The molecule has 2 heterocycles. The molecule has 0 atom stereocenters. The Labute approximate surface area is 180 Å². The van der Waals surface area contributed by atoms with E-state index in [9.17, 15) is 4.79 Å². The fourth-order valence-corrected chi connectivity index (χ4v) is 4.13. The highest BCUT2D eigenvalue weighted by Crippen LogP contribution is 2.29. The first-order chi connectivity index (χ1) is 14.7. The van der Waals surface area contributed by atoms with Crippen molar-refractivity contribution < 1.29 is 4.79 Å². The molecule has 0 radical (unpaired) electrons. The van der Waals surface area contributed by atoms with Crippen molar-refractivity contribution in [1.29, 1.82) is 0 Å². The lowest BCUT2D eigenvalue weighted by Gasteiger charge is -2.12. The van der Waals surface area contributed by atoms with Gasteiger partial charge >= 0.3 is 0 Å². The first-order valence-corrected chi connectivity index (χ1v) is 10.9. The van der Waals surface area contributed by atoms with Crippen LogP contribution in [0.1, 0.15) is 28.8 Å². The normalized spacial score (nSPS) is 10.8. The molecule has 0 amide bonds. The topological polar surface area (TPSA) is 60.7 Å². The Morgan fingerprint density at radius 3 is 2.43 bits per heavy atom. The summed E-state index contributed by atoms with van der Waals surface area (Å²) in [6, 6.07) is 21.5. The van der Waals surface area contributed by atoms with E-state index in [0.717, 1.165) is 45.5 Å². The number of benzene rings is 2. The average Bonchev–Trinajstić information content (AvgIpc) is 3.21. The van der Waals surface area contributed by atoms with Crippen LogP contribution in [0, 0.1) is 6.92 Å². The van der Waals surface area contributed by atoms with Crippen molar-refractivity contribution in [3.05, 3.63) is 90.3 Å².